The van der Waals surface area contributed by atoms with E-state index in [0.717, 1.165) is 50.1 Å². The maximum absolute atomic E-state index is 6.15. The summed E-state index contributed by atoms with van der Waals surface area (Å²) in [6, 6.07) is 8.67. The largest absolute Gasteiger partial charge is 0.374 e. The van der Waals surface area contributed by atoms with E-state index >= 15 is 0 Å². The Kier molecular flexibility index (Phi) is 4.58. The summed E-state index contributed by atoms with van der Waals surface area (Å²) in [7, 11) is 2.17. The van der Waals surface area contributed by atoms with Crippen LogP contribution in [0.1, 0.15) is 5.56 Å². The highest BCUT2D eigenvalue weighted by atomic mass is 32.2. The van der Waals surface area contributed by atoms with Gasteiger partial charge in [-0.15, -0.1) is 0 Å². The highest BCUT2D eigenvalue weighted by Crippen LogP contribution is 2.28. The van der Waals surface area contributed by atoms with Crippen LogP contribution < -0.4 is 10.6 Å². The molecule has 2 N–H and O–H groups in total. The number of hydrogen-bond acceptors (Lipinski definition) is 3. The zero-order valence-electron chi connectivity index (χ0n) is 12.7. The van der Waals surface area contributed by atoms with Gasteiger partial charge in [-0.2, -0.15) is 11.8 Å². The van der Waals surface area contributed by atoms with E-state index in [2.05, 4.69) is 46.1 Å². The molecule has 114 valence electrons. The summed E-state index contributed by atoms with van der Waals surface area (Å²) in [6.07, 6.45) is 1.10. The van der Waals surface area contributed by atoms with Gasteiger partial charge in [0.2, 0.25) is 0 Å². The fourth-order valence-electron chi connectivity index (χ4n) is 3.15. The fourth-order valence-corrected chi connectivity index (χ4v) is 4.06. The number of para-hydroxylation sites is 1. The van der Waals surface area contributed by atoms with Crippen molar-refractivity contribution in [2.24, 2.45) is 16.6 Å². The van der Waals surface area contributed by atoms with Crippen molar-refractivity contribution in [1.82, 2.24) is 4.90 Å². The Labute approximate surface area is 131 Å². The van der Waals surface area contributed by atoms with Crippen LogP contribution in [0.5, 0.6) is 0 Å². The van der Waals surface area contributed by atoms with Crippen molar-refractivity contribution >= 4 is 23.4 Å². The molecule has 1 aromatic carbocycles. The number of fused-ring (bicyclic) bond motifs is 1. The average Bonchev–Trinajstić information content (AvgIpc) is 2.53. The highest BCUT2D eigenvalue weighted by molar-refractivity contribution is 7.99. The molecule has 0 amide bonds. The van der Waals surface area contributed by atoms with Crippen molar-refractivity contribution in [2.45, 2.75) is 6.42 Å². The monoisotopic (exact) mass is 304 g/mol. The Morgan fingerprint density at radius 3 is 2.90 bits per heavy atom. The fraction of sp³-hybridized carbons (Fsp3) is 0.562. The van der Waals surface area contributed by atoms with Gasteiger partial charge in [-0.05, 0) is 18.1 Å². The molecule has 2 aliphatic rings. The van der Waals surface area contributed by atoms with E-state index in [4.69, 9.17) is 5.73 Å². The van der Waals surface area contributed by atoms with E-state index in [0.29, 0.717) is 5.92 Å². The van der Waals surface area contributed by atoms with Gasteiger partial charge in [-0.25, -0.2) is 0 Å². The first-order valence-electron chi connectivity index (χ1n) is 7.65. The molecule has 3 rings (SSSR count). The highest BCUT2D eigenvalue weighted by Gasteiger charge is 2.22. The first-order chi connectivity index (χ1) is 10.2. The lowest BCUT2D eigenvalue weighted by Crippen LogP contribution is -2.43. The molecule has 0 aliphatic carbocycles. The molecule has 0 bridgehead atoms. The molecule has 4 nitrogen and oxygen atoms in total. The second-order valence-electron chi connectivity index (χ2n) is 5.88. The summed E-state index contributed by atoms with van der Waals surface area (Å²) < 4.78 is 0. The summed E-state index contributed by atoms with van der Waals surface area (Å²) in [6.45, 7) is 3.96. The molecule has 0 spiro atoms. The van der Waals surface area contributed by atoms with Gasteiger partial charge in [0.05, 0.1) is 0 Å². The van der Waals surface area contributed by atoms with E-state index in [1.165, 1.54) is 11.3 Å². The molecule has 2 heterocycles. The van der Waals surface area contributed by atoms with Gasteiger partial charge < -0.3 is 15.5 Å². The van der Waals surface area contributed by atoms with Crippen LogP contribution in [0, 0.1) is 5.92 Å². The maximum atomic E-state index is 6.15. The van der Waals surface area contributed by atoms with Crippen LogP contribution in [-0.2, 0) is 6.42 Å². The van der Waals surface area contributed by atoms with Crippen LogP contribution in [0.3, 0.4) is 0 Å². The van der Waals surface area contributed by atoms with Gasteiger partial charge >= 0.3 is 0 Å². The summed E-state index contributed by atoms with van der Waals surface area (Å²) >= 11 is 2.00. The predicted octanol–water partition coefficient (Wildman–Crippen LogP) is 1.66. The number of hydrogen-bond donors (Lipinski definition) is 1. The van der Waals surface area contributed by atoms with Crippen molar-refractivity contribution in [3.63, 3.8) is 0 Å². The first-order valence-corrected chi connectivity index (χ1v) is 8.81. The molecule has 21 heavy (non-hydrogen) atoms. The van der Waals surface area contributed by atoms with Crippen LogP contribution in [0.4, 0.5) is 5.69 Å². The molecule has 1 fully saturated rings. The normalized spacial score (nSPS) is 23.1. The molecule has 1 unspecified atom stereocenters. The number of guanidine groups is 1. The quantitative estimate of drug-likeness (QED) is 0.667. The van der Waals surface area contributed by atoms with Gasteiger partial charge in [0, 0.05) is 56.3 Å². The van der Waals surface area contributed by atoms with E-state index in [-0.39, 0.29) is 0 Å². The molecule has 1 aromatic rings. The van der Waals surface area contributed by atoms with Crippen molar-refractivity contribution in [2.75, 3.05) is 49.6 Å². The smallest absolute Gasteiger partial charge is 0.191 e. The zero-order chi connectivity index (χ0) is 14.7. The summed E-state index contributed by atoms with van der Waals surface area (Å²) in [5, 5.41) is 0. The van der Waals surface area contributed by atoms with Crippen molar-refractivity contribution in [3.05, 3.63) is 29.8 Å². The van der Waals surface area contributed by atoms with Crippen LogP contribution in [-0.4, -0.2) is 55.6 Å². The average molecular weight is 304 g/mol. The lowest BCUT2D eigenvalue weighted by molar-refractivity contribution is 0.449. The Balaban J connectivity index is 1.61. The lowest BCUT2D eigenvalue weighted by Gasteiger charge is -2.33. The Morgan fingerprint density at radius 1 is 1.33 bits per heavy atom. The van der Waals surface area contributed by atoms with Gasteiger partial charge in [0.25, 0.3) is 0 Å². The van der Waals surface area contributed by atoms with E-state index < -0.39 is 0 Å². The number of thioether (sulfide) groups is 1. The molecular weight excluding hydrogens is 280 g/mol. The second-order valence-corrected chi connectivity index (χ2v) is 7.10. The predicted molar refractivity (Wildman–Crippen MR) is 92.3 cm³/mol. The maximum Gasteiger partial charge on any atom is 0.191 e. The van der Waals surface area contributed by atoms with Crippen molar-refractivity contribution in [1.29, 1.82) is 0 Å². The van der Waals surface area contributed by atoms with Gasteiger partial charge in [0.15, 0.2) is 5.96 Å². The Bertz CT molecular complexity index is 511. The zero-order valence-corrected chi connectivity index (χ0v) is 13.5. The Hall–Kier alpha value is -1.36. The molecule has 0 radical (unpaired) electrons. The van der Waals surface area contributed by atoms with Crippen LogP contribution in [0.25, 0.3) is 0 Å². The minimum Gasteiger partial charge on any atom is -0.374 e. The molecule has 1 atom stereocenters. The van der Waals surface area contributed by atoms with Gasteiger partial charge in [-0.3, -0.25) is 4.99 Å². The molecule has 2 aliphatic heterocycles. The SMILES string of the molecule is CN1CC(CN=C(N)N2CCSCC2)Cc2ccccc21. The first kappa shape index (κ1) is 14.6. The lowest BCUT2D eigenvalue weighted by atomic mass is 9.93. The third kappa shape index (κ3) is 3.46. The molecule has 5 heteroatoms. The minimum absolute atomic E-state index is 0.558. The third-order valence-electron chi connectivity index (χ3n) is 4.29. The standard InChI is InChI=1S/C16H24N4S/c1-19-12-13(10-14-4-2-3-5-15(14)19)11-18-16(17)20-6-8-21-9-7-20/h2-5,13H,6-12H2,1H3,(H2,17,18). The van der Waals surface area contributed by atoms with Gasteiger partial charge in [0.1, 0.15) is 0 Å². The van der Waals surface area contributed by atoms with E-state index in [1.807, 2.05) is 11.8 Å². The molecule has 0 saturated carbocycles. The van der Waals surface area contributed by atoms with Gasteiger partial charge in [-0.1, -0.05) is 18.2 Å². The number of rotatable bonds is 2. The minimum atomic E-state index is 0.558. The topological polar surface area (TPSA) is 44.9 Å². The number of nitrogens with zero attached hydrogens (tertiary/aromatic N) is 3. The third-order valence-corrected chi connectivity index (χ3v) is 5.23. The Morgan fingerprint density at radius 2 is 2.10 bits per heavy atom. The number of anilines is 1. The molecule has 0 aromatic heterocycles. The summed E-state index contributed by atoms with van der Waals surface area (Å²) in [5.74, 6) is 3.62. The van der Waals surface area contributed by atoms with Crippen LogP contribution >= 0.6 is 11.8 Å². The van der Waals surface area contributed by atoms with Crippen LogP contribution in [0.2, 0.25) is 0 Å². The van der Waals surface area contributed by atoms with Crippen LogP contribution in [0.15, 0.2) is 29.3 Å². The second kappa shape index (κ2) is 6.60. The number of aliphatic imine (C=N–C) groups is 1. The summed E-state index contributed by atoms with van der Waals surface area (Å²) in [4.78, 5) is 9.22. The summed E-state index contributed by atoms with van der Waals surface area (Å²) in [5.41, 5.74) is 8.94. The molecular formula is C16H24N4S. The molecule has 1 saturated heterocycles. The van der Waals surface area contributed by atoms with E-state index in [9.17, 15) is 0 Å². The number of benzene rings is 1. The van der Waals surface area contributed by atoms with Crippen molar-refractivity contribution < 1.29 is 0 Å². The number of nitrogens with two attached hydrogens (primary N) is 1. The van der Waals surface area contributed by atoms with Crippen molar-refractivity contribution in [3.8, 4) is 0 Å². The van der Waals surface area contributed by atoms with E-state index in [1.54, 1.807) is 0 Å².